The fourth-order valence-electron chi connectivity index (χ4n) is 2.25. The minimum Gasteiger partial charge on any atom is -0.348 e. The topological polar surface area (TPSA) is 81.3 Å². The Balaban J connectivity index is 1.73. The number of amides is 1. The minimum atomic E-state index is -0.557. The molecule has 0 radical (unpaired) electrons. The summed E-state index contributed by atoms with van der Waals surface area (Å²) in [6.45, 7) is 1.44. The van der Waals surface area contributed by atoms with Crippen LogP contribution in [0.5, 0.6) is 0 Å². The third kappa shape index (κ3) is 3.13. The van der Waals surface area contributed by atoms with Crippen LogP contribution in [-0.2, 0) is 11.3 Å². The van der Waals surface area contributed by atoms with Gasteiger partial charge in [-0.05, 0) is 30.7 Å². The molecule has 9 heteroatoms. The van der Waals surface area contributed by atoms with Crippen LogP contribution in [0.4, 0.5) is 4.39 Å². The number of halogens is 2. The van der Waals surface area contributed by atoms with Crippen molar-refractivity contribution >= 4 is 23.3 Å². The molecule has 1 atom stereocenters. The molecule has 2 aromatic heterocycles. The number of hydrogen-bond acceptors (Lipinski definition) is 4. The highest BCUT2D eigenvalue weighted by atomic mass is 35.5. The Hall–Kier alpha value is -2.74. The summed E-state index contributed by atoms with van der Waals surface area (Å²) in [6, 6.07) is 5.45. The second-order valence-corrected chi connectivity index (χ2v) is 5.60. The molecule has 0 saturated heterocycles. The maximum absolute atomic E-state index is 13.5. The summed E-state index contributed by atoms with van der Waals surface area (Å²) < 4.78 is 15.7. The Morgan fingerprint density at radius 2 is 2.25 bits per heavy atom. The summed E-state index contributed by atoms with van der Waals surface area (Å²) in [4.78, 5) is 28.1. The predicted octanol–water partition coefficient (Wildman–Crippen LogP) is 1.56. The highest BCUT2D eigenvalue weighted by Crippen LogP contribution is 2.19. The highest BCUT2D eigenvalue weighted by molar-refractivity contribution is 6.30. The van der Waals surface area contributed by atoms with E-state index < -0.39 is 23.5 Å². The fraction of sp³-hybridized carbons (Fsp3) is 0.200. The van der Waals surface area contributed by atoms with Crippen molar-refractivity contribution in [2.75, 3.05) is 0 Å². The van der Waals surface area contributed by atoms with Gasteiger partial charge in [-0.15, -0.1) is 5.10 Å². The molecule has 1 N–H and O–H groups in total. The van der Waals surface area contributed by atoms with Gasteiger partial charge in [0.15, 0.2) is 0 Å². The Kier molecular flexibility index (Phi) is 4.30. The lowest BCUT2D eigenvalue weighted by Crippen LogP contribution is -2.34. The number of aromatic nitrogens is 4. The van der Waals surface area contributed by atoms with Crippen LogP contribution >= 0.6 is 11.6 Å². The summed E-state index contributed by atoms with van der Waals surface area (Å²) in [6.07, 6.45) is 3.02. The molecule has 2 heterocycles. The zero-order chi connectivity index (χ0) is 17.3. The van der Waals surface area contributed by atoms with Crippen LogP contribution in [-0.4, -0.2) is 25.1 Å². The number of carbonyl (C=O) groups is 1. The number of nitrogens with zero attached hydrogens (tertiary/aromatic N) is 4. The van der Waals surface area contributed by atoms with Crippen LogP contribution < -0.4 is 11.0 Å². The van der Waals surface area contributed by atoms with Gasteiger partial charge >= 0.3 is 5.69 Å². The second-order valence-electron chi connectivity index (χ2n) is 5.19. The molecule has 0 aliphatic carbocycles. The molecule has 0 bridgehead atoms. The minimum absolute atomic E-state index is 0.0148. The zero-order valence-electron chi connectivity index (χ0n) is 12.6. The second kappa shape index (κ2) is 6.40. The molecule has 0 spiro atoms. The molecular formula is C15H13ClFN5O2. The fourth-order valence-corrected chi connectivity index (χ4v) is 2.37. The van der Waals surface area contributed by atoms with E-state index in [0.717, 1.165) is 4.68 Å². The van der Waals surface area contributed by atoms with Crippen LogP contribution in [0.25, 0.3) is 5.78 Å². The van der Waals surface area contributed by atoms with Gasteiger partial charge in [-0.2, -0.15) is 0 Å². The Morgan fingerprint density at radius 3 is 2.96 bits per heavy atom. The van der Waals surface area contributed by atoms with E-state index >= 15 is 0 Å². The van der Waals surface area contributed by atoms with Gasteiger partial charge in [-0.3, -0.25) is 4.79 Å². The van der Waals surface area contributed by atoms with Crippen molar-refractivity contribution in [3.05, 3.63) is 63.5 Å². The largest absolute Gasteiger partial charge is 0.352 e. The van der Waals surface area contributed by atoms with Gasteiger partial charge in [0.1, 0.15) is 12.4 Å². The Morgan fingerprint density at radius 1 is 1.46 bits per heavy atom. The van der Waals surface area contributed by atoms with Gasteiger partial charge in [0.05, 0.1) is 11.1 Å². The van der Waals surface area contributed by atoms with Crippen molar-refractivity contribution in [3.63, 3.8) is 0 Å². The summed E-state index contributed by atoms with van der Waals surface area (Å²) in [5, 5.41) is 6.68. The number of nitrogens with one attached hydrogen (secondary N) is 1. The first-order valence-electron chi connectivity index (χ1n) is 7.10. The molecule has 1 amide bonds. The standard InChI is InChI=1S/C15H13ClFN5O2/c1-9(10-3-4-11(16)12(17)7-10)19-13(23)8-22-15(24)21-6-2-5-18-14(21)20-22/h2-7,9H,8H2,1H3,(H,19,23)/t9-/m0/s1. The van der Waals surface area contributed by atoms with Gasteiger partial charge < -0.3 is 5.32 Å². The molecular weight excluding hydrogens is 337 g/mol. The normalized spacial score (nSPS) is 12.3. The van der Waals surface area contributed by atoms with Crippen LogP contribution in [0.15, 0.2) is 41.5 Å². The molecule has 0 aliphatic rings. The van der Waals surface area contributed by atoms with Gasteiger partial charge in [0.2, 0.25) is 5.91 Å². The first kappa shape index (κ1) is 16.1. The summed E-state index contributed by atoms with van der Waals surface area (Å²) in [7, 11) is 0. The molecule has 0 aliphatic heterocycles. The van der Waals surface area contributed by atoms with E-state index in [0.29, 0.717) is 5.56 Å². The van der Waals surface area contributed by atoms with Crippen LogP contribution in [0.1, 0.15) is 18.5 Å². The van der Waals surface area contributed by atoms with E-state index in [2.05, 4.69) is 15.4 Å². The first-order valence-corrected chi connectivity index (χ1v) is 7.48. The molecule has 0 saturated carbocycles. The van der Waals surface area contributed by atoms with E-state index in [9.17, 15) is 14.0 Å². The monoisotopic (exact) mass is 349 g/mol. The molecule has 3 aromatic rings. The first-order chi connectivity index (χ1) is 11.5. The summed E-state index contributed by atoms with van der Waals surface area (Å²) in [5.74, 6) is -0.774. The average Bonchev–Trinajstić information content (AvgIpc) is 2.86. The van der Waals surface area contributed by atoms with E-state index in [-0.39, 0.29) is 17.3 Å². The van der Waals surface area contributed by atoms with Crippen LogP contribution in [0, 0.1) is 5.82 Å². The predicted molar refractivity (Wildman–Crippen MR) is 85.2 cm³/mol. The molecule has 124 valence electrons. The van der Waals surface area contributed by atoms with Gasteiger partial charge in [-0.1, -0.05) is 17.7 Å². The quantitative estimate of drug-likeness (QED) is 0.775. The summed E-state index contributed by atoms with van der Waals surface area (Å²) in [5.41, 5.74) is 0.104. The van der Waals surface area contributed by atoms with Crippen LogP contribution in [0.3, 0.4) is 0 Å². The van der Waals surface area contributed by atoms with Gasteiger partial charge in [0, 0.05) is 12.4 Å². The number of rotatable bonds is 4. The van der Waals surface area contributed by atoms with Crippen molar-refractivity contribution in [3.8, 4) is 0 Å². The molecule has 0 unspecified atom stereocenters. The van der Waals surface area contributed by atoms with Gasteiger partial charge in [-0.25, -0.2) is 23.3 Å². The lowest BCUT2D eigenvalue weighted by Gasteiger charge is -2.14. The summed E-state index contributed by atoms with van der Waals surface area (Å²) >= 11 is 5.64. The molecule has 3 rings (SSSR count). The maximum atomic E-state index is 13.5. The lowest BCUT2D eigenvalue weighted by atomic mass is 10.1. The van der Waals surface area contributed by atoms with Crippen molar-refractivity contribution in [1.29, 1.82) is 0 Å². The third-order valence-corrected chi connectivity index (χ3v) is 3.78. The lowest BCUT2D eigenvalue weighted by molar-refractivity contribution is -0.122. The molecule has 7 nitrogen and oxygen atoms in total. The van der Waals surface area contributed by atoms with Crippen molar-refractivity contribution in [2.45, 2.75) is 19.5 Å². The van der Waals surface area contributed by atoms with E-state index in [1.807, 2.05) is 0 Å². The molecule has 0 fully saturated rings. The van der Waals surface area contributed by atoms with Crippen molar-refractivity contribution in [2.24, 2.45) is 0 Å². The molecule has 1 aromatic carbocycles. The third-order valence-electron chi connectivity index (χ3n) is 3.48. The number of hydrogen-bond donors (Lipinski definition) is 1. The van der Waals surface area contributed by atoms with Crippen molar-refractivity contribution in [1.82, 2.24) is 24.5 Å². The number of fused-ring (bicyclic) bond motifs is 1. The molecule has 24 heavy (non-hydrogen) atoms. The SMILES string of the molecule is C[C@H](NC(=O)Cn1nc2ncccn2c1=O)c1ccc(Cl)c(F)c1. The zero-order valence-corrected chi connectivity index (χ0v) is 13.4. The van der Waals surface area contributed by atoms with Crippen LogP contribution in [0.2, 0.25) is 5.02 Å². The van der Waals surface area contributed by atoms with E-state index in [1.54, 1.807) is 19.1 Å². The van der Waals surface area contributed by atoms with E-state index in [4.69, 9.17) is 11.6 Å². The Bertz CT molecular complexity index is 968. The van der Waals surface area contributed by atoms with Gasteiger partial charge in [0.25, 0.3) is 5.78 Å². The number of benzene rings is 1. The highest BCUT2D eigenvalue weighted by Gasteiger charge is 2.15. The Labute approximate surface area is 140 Å². The van der Waals surface area contributed by atoms with E-state index in [1.165, 1.54) is 28.9 Å². The average molecular weight is 350 g/mol. The smallest absolute Gasteiger partial charge is 0.348 e. The maximum Gasteiger partial charge on any atom is 0.352 e. The van der Waals surface area contributed by atoms with Crippen molar-refractivity contribution < 1.29 is 9.18 Å². The number of carbonyl (C=O) groups excluding carboxylic acids is 1.